The van der Waals surface area contributed by atoms with Gasteiger partial charge < -0.3 is 4.74 Å². The first-order valence-electron chi connectivity index (χ1n) is 8.13. The summed E-state index contributed by atoms with van der Waals surface area (Å²) in [5, 5.41) is 8.97. The number of benzene rings is 2. The van der Waals surface area contributed by atoms with Gasteiger partial charge in [-0.3, -0.25) is 20.4 Å². The van der Waals surface area contributed by atoms with E-state index in [-0.39, 0.29) is 12.0 Å². The molecular weight excluding hydrogens is 330 g/mol. The van der Waals surface area contributed by atoms with Crippen molar-refractivity contribution < 1.29 is 14.3 Å². The van der Waals surface area contributed by atoms with E-state index in [2.05, 4.69) is 31.6 Å². The second-order valence-corrected chi connectivity index (χ2v) is 6.73. The van der Waals surface area contributed by atoms with E-state index in [1.54, 1.807) is 36.4 Å². The van der Waals surface area contributed by atoms with Gasteiger partial charge >= 0.3 is 0 Å². The van der Waals surface area contributed by atoms with Gasteiger partial charge in [0.05, 0.1) is 5.56 Å². The molecule has 0 atom stereocenters. The molecule has 0 fully saturated rings. The molecule has 0 saturated heterocycles. The minimum atomic E-state index is -0.530. The van der Waals surface area contributed by atoms with E-state index >= 15 is 0 Å². The molecule has 0 heterocycles. The maximum atomic E-state index is 12.1. The van der Waals surface area contributed by atoms with Crippen LogP contribution in [-0.4, -0.2) is 18.4 Å². The van der Waals surface area contributed by atoms with E-state index in [1.165, 1.54) is 0 Å². The van der Waals surface area contributed by atoms with Gasteiger partial charge in [0, 0.05) is 5.56 Å². The zero-order valence-electron chi connectivity index (χ0n) is 15.0. The first-order valence-corrected chi connectivity index (χ1v) is 8.13. The molecule has 134 valence electrons. The van der Waals surface area contributed by atoms with Crippen molar-refractivity contribution in [3.63, 3.8) is 0 Å². The molecule has 2 aromatic rings. The van der Waals surface area contributed by atoms with Crippen molar-refractivity contribution in [1.82, 2.24) is 10.9 Å². The van der Waals surface area contributed by atoms with Gasteiger partial charge in [-0.2, -0.15) is 5.26 Å². The molecule has 6 heteroatoms. The van der Waals surface area contributed by atoms with Gasteiger partial charge in [-0.1, -0.05) is 45.0 Å². The van der Waals surface area contributed by atoms with Gasteiger partial charge in [-0.25, -0.2) is 0 Å². The van der Waals surface area contributed by atoms with Crippen LogP contribution in [0.25, 0.3) is 0 Å². The van der Waals surface area contributed by atoms with Crippen LogP contribution in [0.15, 0.2) is 48.5 Å². The number of rotatable bonds is 4. The predicted octanol–water partition coefficient (Wildman–Crippen LogP) is 2.70. The monoisotopic (exact) mass is 351 g/mol. The molecule has 2 N–H and O–H groups in total. The van der Waals surface area contributed by atoms with Crippen molar-refractivity contribution in [3.05, 3.63) is 65.2 Å². The second-order valence-electron chi connectivity index (χ2n) is 6.73. The summed E-state index contributed by atoms with van der Waals surface area (Å²) < 4.78 is 5.30. The number of para-hydroxylation sites is 1. The van der Waals surface area contributed by atoms with Crippen LogP contribution in [0.5, 0.6) is 5.75 Å². The van der Waals surface area contributed by atoms with Crippen molar-refractivity contribution in [3.8, 4) is 11.8 Å². The Labute approximate surface area is 152 Å². The van der Waals surface area contributed by atoms with Gasteiger partial charge in [-0.05, 0) is 35.2 Å². The van der Waals surface area contributed by atoms with E-state index in [9.17, 15) is 9.59 Å². The fourth-order valence-electron chi connectivity index (χ4n) is 2.18. The van der Waals surface area contributed by atoms with Crippen LogP contribution in [0.3, 0.4) is 0 Å². The molecule has 0 aromatic heterocycles. The van der Waals surface area contributed by atoms with Crippen molar-refractivity contribution >= 4 is 11.8 Å². The highest BCUT2D eigenvalue weighted by Crippen LogP contribution is 2.22. The second kappa shape index (κ2) is 8.17. The van der Waals surface area contributed by atoms with Crippen LogP contribution in [0.4, 0.5) is 0 Å². The minimum absolute atomic E-state index is 0.000277. The van der Waals surface area contributed by atoms with E-state index < -0.39 is 11.8 Å². The molecule has 26 heavy (non-hydrogen) atoms. The third-order valence-corrected chi connectivity index (χ3v) is 3.69. The Morgan fingerprint density at radius 3 is 2.31 bits per heavy atom. The van der Waals surface area contributed by atoms with Crippen molar-refractivity contribution in [2.24, 2.45) is 0 Å². The third kappa shape index (κ3) is 5.08. The molecule has 6 nitrogen and oxygen atoms in total. The Morgan fingerprint density at radius 2 is 1.69 bits per heavy atom. The van der Waals surface area contributed by atoms with Crippen LogP contribution < -0.4 is 15.6 Å². The molecule has 2 aromatic carbocycles. The smallest absolute Gasteiger partial charge is 0.276 e. The summed E-state index contributed by atoms with van der Waals surface area (Å²) in [6.07, 6.45) is 0. The SMILES string of the molecule is CC(C)(C)c1ccc(C(=O)NNC(=O)COc2ccccc2C#N)cc1. The van der Waals surface area contributed by atoms with Crippen LogP contribution in [0.1, 0.15) is 42.3 Å². The lowest BCUT2D eigenvalue weighted by molar-refractivity contribution is -0.123. The highest BCUT2D eigenvalue weighted by Gasteiger charge is 2.14. The summed E-state index contributed by atoms with van der Waals surface area (Å²) >= 11 is 0. The van der Waals surface area contributed by atoms with Crippen LogP contribution in [0.2, 0.25) is 0 Å². The maximum absolute atomic E-state index is 12.1. The van der Waals surface area contributed by atoms with Crippen LogP contribution >= 0.6 is 0 Å². The Bertz CT molecular complexity index is 831. The van der Waals surface area contributed by atoms with E-state index in [4.69, 9.17) is 10.00 Å². The van der Waals surface area contributed by atoms with E-state index in [0.717, 1.165) is 5.56 Å². The quantitative estimate of drug-likeness (QED) is 0.829. The summed E-state index contributed by atoms with van der Waals surface area (Å²) in [4.78, 5) is 23.9. The van der Waals surface area contributed by atoms with Crippen LogP contribution in [-0.2, 0) is 10.2 Å². The number of nitriles is 1. The number of nitrogens with zero attached hydrogens (tertiary/aromatic N) is 1. The minimum Gasteiger partial charge on any atom is -0.482 e. The molecule has 0 unspecified atom stereocenters. The Kier molecular flexibility index (Phi) is 5.97. The Morgan fingerprint density at radius 1 is 1.04 bits per heavy atom. The average Bonchev–Trinajstić information content (AvgIpc) is 2.64. The molecule has 0 spiro atoms. The summed E-state index contributed by atoms with van der Waals surface area (Å²) in [5.74, 6) is -0.636. The van der Waals surface area contributed by atoms with Gasteiger partial charge in [0.15, 0.2) is 6.61 Å². The number of hydrogen-bond acceptors (Lipinski definition) is 4. The first kappa shape index (κ1) is 19.0. The lowest BCUT2D eigenvalue weighted by atomic mass is 9.87. The largest absolute Gasteiger partial charge is 0.482 e. The number of amides is 2. The Balaban J connectivity index is 1.85. The molecule has 0 bridgehead atoms. The first-order chi connectivity index (χ1) is 12.3. The summed E-state index contributed by atoms with van der Waals surface area (Å²) in [6.45, 7) is 5.95. The number of hydrogen-bond donors (Lipinski definition) is 2. The van der Waals surface area contributed by atoms with Crippen molar-refractivity contribution in [2.75, 3.05) is 6.61 Å². The fourth-order valence-corrected chi connectivity index (χ4v) is 2.18. The predicted molar refractivity (Wildman–Crippen MR) is 97.4 cm³/mol. The highest BCUT2D eigenvalue weighted by molar-refractivity contribution is 5.95. The number of ether oxygens (including phenoxy) is 1. The van der Waals surface area contributed by atoms with Gasteiger partial charge in [0.1, 0.15) is 11.8 Å². The molecule has 0 aliphatic rings. The lowest BCUT2D eigenvalue weighted by Crippen LogP contribution is -2.43. The van der Waals surface area contributed by atoms with Crippen molar-refractivity contribution in [2.45, 2.75) is 26.2 Å². The molecule has 0 radical (unpaired) electrons. The molecule has 0 aliphatic heterocycles. The zero-order valence-corrected chi connectivity index (χ0v) is 15.0. The molecule has 0 aliphatic carbocycles. The van der Waals surface area contributed by atoms with Gasteiger partial charge in [0.25, 0.3) is 11.8 Å². The summed E-state index contributed by atoms with van der Waals surface area (Å²) in [7, 11) is 0. The lowest BCUT2D eigenvalue weighted by Gasteiger charge is -2.19. The van der Waals surface area contributed by atoms with Gasteiger partial charge in [0.2, 0.25) is 0 Å². The number of carbonyl (C=O) groups excluding carboxylic acids is 2. The van der Waals surface area contributed by atoms with E-state index in [0.29, 0.717) is 16.9 Å². The topological polar surface area (TPSA) is 91.2 Å². The van der Waals surface area contributed by atoms with Crippen molar-refractivity contribution in [1.29, 1.82) is 5.26 Å². The number of carbonyl (C=O) groups is 2. The van der Waals surface area contributed by atoms with Crippen LogP contribution in [0, 0.1) is 11.3 Å². The normalized spacial score (nSPS) is 10.5. The molecule has 2 amide bonds. The summed E-state index contributed by atoms with van der Waals surface area (Å²) in [5.41, 5.74) is 6.51. The van der Waals surface area contributed by atoms with E-state index in [1.807, 2.05) is 18.2 Å². The summed E-state index contributed by atoms with van der Waals surface area (Å²) in [6, 6.07) is 15.8. The molecule has 0 saturated carbocycles. The Hall–Kier alpha value is -3.33. The fraction of sp³-hybridized carbons (Fsp3) is 0.250. The zero-order chi connectivity index (χ0) is 19.2. The highest BCUT2D eigenvalue weighted by atomic mass is 16.5. The molecule has 2 rings (SSSR count). The maximum Gasteiger partial charge on any atom is 0.276 e. The molecular formula is C20H21N3O3. The third-order valence-electron chi connectivity index (χ3n) is 3.69. The number of nitrogens with one attached hydrogen (secondary N) is 2. The standard InChI is InChI=1S/C20H21N3O3/c1-20(2,3)16-10-8-14(9-11-16)19(25)23-22-18(24)13-26-17-7-5-4-6-15(17)12-21/h4-11H,13H2,1-3H3,(H,22,24)(H,23,25). The average molecular weight is 351 g/mol. The number of hydrazine groups is 1. The van der Waals surface area contributed by atoms with Gasteiger partial charge in [-0.15, -0.1) is 0 Å².